The zero-order chi connectivity index (χ0) is 39.0. The number of aromatic hydroxyl groups is 1. The van der Waals surface area contributed by atoms with E-state index in [0.717, 1.165) is 25.5 Å². The van der Waals surface area contributed by atoms with Crippen molar-refractivity contribution in [3.8, 4) is 11.5 Å². The molecule has 1 amide bonds. The Morgan fingerprint density at radius 1 is 1.02 bits per heavy atom. The van der Waals surface area contributed by atoms with Crippen molar-refractivity contribution < 1.29 is 38.8 Å². The number of aromatic amines is 1. The molecule has 3 atom stereocenters. The third-order valence-electron chi connectivity index (χ3n) is 9.70. The number of amides is 1. The number of H-pyrrole nitrogens is 1. The number of nitrogens with one attached hydrogen (secondary N) is 3. The van der Waals surface area contributed by atoms with Crippen LogP contribution in [0.5, 0.6) is 11.5 Å². The predicted octanol–water partition coefficient (Wildman–Crippen LogP) is 4.27. The third-order valence-corrected chi connectivity index (χ3v) is 9.70. The highest BCUT2D eigenvalue weighted by Gasteiger charge is 2.43. The summed E-state index contributed by atoms with van der Waals surface area (Å²) in [6.45, 7) is 2.12. The number of piperidine rings is 1. The van der Waals surface area contributed by atoms with E-state index in [1.807, 2.05) is 7.05 Å². The number of rotatable bonds is 15. The van der Waals surface area contributed by atoms with E-state index in [9.17, 15) is 34.1 Å². The summed E-state index contributed by atoms with van der Waals surface area (Å²) in [5.74, 6) is -1.48. The van der Waals surface area contributed by atoms with Gasteiger partial charge in [-0.3, -0.25) is 9.59 Å². The van der Waals surface area contributed by atoms with Gasteiger partial charge >= 0.3 is 5.97 Å². The monoisotopic (exact) mass is 752 g/mol. The lowest BCUT2D eigenvalue weighted by Gasteiger charge is -2.33. The lowest BCUT2D eigenvalue weighted by Crippen LogP contribution is -2.44. The number of fused-ring (bicyclic) bond motifs is 1. The topological polar surface area (TPSA) is 173 Å². The van der Waals surface area contributed by atoms with Crippen molar-refractivity contribution >= 4 is 22.8 Å². The summed E-state index contributed by atoms with van der Waals surface area (Å²) in [6, 6.07) is 25.3. The van der Waals surface area contributed by atoms with Gasteiger partial charge in [0.05, 0.1) is 18.2 Å². The van der Waals surface area contributed by atoms with E-state index in [2.05, 4.69) is 20.5 Å². The molecule has 1 saturated heterocycles. The molecule has 0 saturated carbocycles. The number of hydrogen-bond acceptors (Lipinski definition) is 10. The maximum atomic E-state index is 15.0. The number of pyridine rings is 1. The summed E-state index contributed by atoms with van der Waals surface area (Å²) in [6.07, 6.45) is 0.702. The van der Waals surface area contributed by atoms with Crippen LogP contribution in [-0.2, 0) is 21.7 Å². The molecule has 0 bridgehead atoms. The second kappa shape index (κ2) is 17.7. The van der Waals surface area contributed by atoms with Gasteiger partial charge in [-0.15, -0.1) is 0 Å². The van der Waals surface area contributed by atoms with E-state index in [1.165, 1.54) is 30.3 Å². The van der Waals surface area contributed by atoms with E-state index in [0.29, 0.717) is 46.4 Å². The minimum Gasteiger partial charge on any atom is -0.506 e. The molecule has 1 aliphatic heterocycles. The van der Waals surface area contributed by atoms with E-state index >= 15 is 0 Å². The summed E-state index contributed by atoms with van der Waals surface area (Å²) < 4.78 is 26.8. The molecule has 1 aliphatic rings. The van der Waals surface area contributed by atoms with Crippen LogP contribution in [-0.4, -0.2) is 83.0 Å². The van der Waals surface area contributed by atoms with Gasteiger partial charge in [0.15, 0.2) is 0 Å². The zero-order valence-electron chi connectivity index (χ0n) is 30.5. The summed E-state index contributed by atoms with van der Waals surface area (Å²) in [7, 11) is 1.97. The van der Waals surface area contributed by atoms with Crippen molar-refractivity contribution in [1.29, 1.82) is 0 Å². The summed E-state index contributed by atoms with van der Waals surface area (Å²) in [5, 5.41) is 39.1. The summed E-state index contributed by atoms with van der Waals surface area (Å²) in [4.78, 5) is 42.7. The fourth-order valence-corrected chi connectivity index (χ4v) is 6.75. The number of carbonyl (C=O) groups is 2. The highest BCUT2D eigenvalue weighted by molar-refractivity contribution is 5.94. The molecule has 5 aromatic rings. The van der Waals surface area contributed by atoms with Crippen LogP contribution in [0.25, 0.3) is 10.9 Å². The van der Waals surface area contributed by atoms with Crippen molar-refractivity contribution in [2.75, 3.05) is 39.8 Å². The lowest BCUT2D eigenvalue weighted by atomic mass is 9.86. The number of hydrogen-bond donors (Lipinski definition) is 6. The van der Waals surface area contributed by atoms with Crippen LogP contribution >= 0.6 is 0 Å². The molecule has 6 N–H and O–H groups in total. The highest BCUT2D eigenvalue weighted by atomic mass is 19.1. The molecular formula is C42H45FN4O8. The zero-order valence-corrected chi connectivity index (χ0v) is 30.5. The number of likely N-dealkylation sites (tertiary alicyclic amines) is 1. The lowest BCUT2D eigenvalue weighted by molar-refractivity contribution is -0.170. The molecule has 0 unspecified atom stereocenters. The third kappa shape index (κ3) is 9.38. The standard InChI is InChI=1S/C42H45FN4O8/c1-47-20-6-12-32(26-47)55-41(52)42(53,29-8-3-2-4-9-29)30-10-5-11-31(23-30)54-21-7-19-45-40(51)27-13-14-28(35(43)22-27)24-44-25-37(49)33-15-17-36(48)39-34(33)16-18-38(50)46-39/h2-5,8-11,13-18,22-23,32,37,44,48-49,53H,6-7,12,19-21,24-26H2,1H3,(H,45,51)(H,46,50)/t32-,37+,42+/m1/s1. The van der Waals surface area contributed by atoms with Crippen LogP contribution in [0.1, 0.15) is 58.0 Å². The first-order valence-corrected chi connectivity index (χ1v) is 18.2. The Morgan fingerprint density at radius 3 is 2.60 bits per heavy atom. The average Bonchev–Trinajstić information content (AvgIpc) is 3.18. The molecule has 0 spiro atoms. The number of phenolic OH excluding ortho intramolecular Hbond substituents is 1. The van der Waals surface area contributed by atoms with Crippen LogP contribution in [0.4, 0.5) is 4.39 Å². The Kier molecular flexibility index (Phi) is 12.6. The number of phenols is 1. The Hall–Kier alpha value is -5.60. The first-order chi connectivity index (χ1) is 26.5. The molecule has 6 rings (SSSR count). The van der Waals surface area contributed by atoms with Crippen LogP contribution in [0.3, 0.4) is 0 Å². The molecule has 1 aromatic heterocycles. The predicted molar refractivity (Wildman–Crippen MR) is 204 cm³/mol. The van der Waals surface area contributed by atoms with Crippen LogP contribution in [0.2, 0.25) is 0 Å². The van der Waals surface area contributed by atoms with Crippen molar-refractivity contribution in [2.24, 2.45) is 0 Å². The number of likely N-dealkylation sites (N-methyl/N-ethyl adjacent to an activating group) is 1. The minimum absolute atomic E-state index is 0.0614. The van der Waals surface area contributed by atoms with Gasteiger partial charge in [-0.25, -0.2) is 9.18 Å². The molecule has 0 radical (unpaired) electrons. The van der Waals surface area contributed by atoms with Gasteiger partial charge in [-0.2, -0.15) is 0 Å². The number of ether oxygens (including phenoxy) is 2. The molecule has 55 heavy (non-hydrogen) atoms. The van der Waals surface area contributed by atoms with Gasteiger partial charge in [0.25, 0.3) is 5.91 Å². The highest BCUT2D eigenvalue weighted by Crippen LogP contribution is 2.34. The molecule has 1 fully saturated rings. The molecular weight excluding hydrogens is 707 g/mol. The Bertz CT molecular complexity index is 2180. The first-order valence-electron chi connectivity index (χ1n) is 18.2. The van der Waals surface area contributed by atoms with Crippen molar-refractivity contribution in [3.63, 3.8) is 0 Å². The van der Waals surface area contributed by atoms with Gasteiger partial charge in [0.2, 0.25) is 11.2 Å². The quantitative estimate of drug-likeness (QED) is 0.0670. The summed E-state index contributed by atoms with van der Waals surface area (Å²) >= 11 is 0. The number of esters is 1. The van der Waals surface area contributed by atoms with Crippen molar-refractivity contribution in [2.45, 2.75) is 43.6 Å². The van der Waals surface area contributed by atoms with Gasteiger partial charge in [0.1, 0.15) is 23.4 Å². The second-order valence-electron chi connectivity index (χ2n) is 13.7. The first kappa shape index (κ1) is 39.1. The van der Waals surface area contributed by atoms with Gasteiger partial charge < -0.3 is 45.3 Å². The van der Waals surface area contributed by atoms with Gasteiger partial charge in [-0.05, 0) is 80.4 Å². The molecule has 2 heterocycles. The second-order valence-corrected chi connectivity index (χ2v) is 13.7. The SMILES string of the molecule is CN1CCC[C@@H](OC(=O)[C@](O)(c2ccccc2)c2cccc(OCCCNC(=O)c3ccc(CNC[C@H](O)c4ccc(O)c5[nH]c(=O)ccc45)c(F)c3)c2)C1. The number of benzene rings is 4. The van der Waals surface area contributed by atoms with Crippen molar-refractivity contribution in [1.82, 2.24) is 20.5 Å². The molecule has 12 nitrogen and oxygen atoms in total. The Balaban J connectivity index is 0.985. The van der Waals surface area contributed by atoms with Crippen LogP contribution in [0, 0.1) is 5.82 Å². The maximum Gasteiger partial charge on any atom is 0.348 e. The largest absolute Gasteiger partial charge is 0.506 e. The fourth-order valence-electron chi connectivity index (χ4n) is 6.75. The number of aliphatic hydroxyl groups excluding tert-OH is 1. The molecule has 0 aliphatic carbocycles. The van der Waals surface area contributed by atoms with Crippen LogP contribution < -0.4 is 20.9 Å². The van der Waals surface area contributed by atoms with Gasteiger partial charge in [0, 0.05) is 54.3 Å². The van der Waals surface area contributed by atoms with Crippen LogP contribution in [0.15, 0.2) is 102 Å². The number of carbonyl (C=O) groups excluding carboxylic acids is 2. The maximum absolute atomic E-state index is 15.0. The average molecular weight is 753 g/mol. The van der Waals surface area contributed by atoms with E-state index < -0.39 is 29.4 Å². The number of halogens is 1. The van der Waals surface area contributed by atoms with E-state index in [-0.39, 0.29) is 54.7 Å². The molecule has 288 valence electrons. The smallest absolute Gasteiger partial charge is 0.348 e. The summed E-state index contributed by atoms with van der Waals surface area (Å²) in [5.41, 5.74) is -0.607. The van der Waals surface area contributed by atoms with E-state index in [4.69, 9.17) is 9.47 Å². The number of aromatic nitrogens is 1. The number of aliphatic hydroxyl groups is 2. The van der Waals surface area contributed by atoms with Crippen molar-refractivity contribution in [3.05, 3.63) is 141 Å². The molecule has 4 aromatic carbocycles. The normalized spacial score (nSPS) is 16.3. The van der Waals surface area contributed by atoms with Gasteiger partial charge in [-0.1, -0.05) is 54.6 Å². The fraction of sp³-hybridized carbons (Fsp3) is 0.310. The number of nitrogens with zero attached hydrogens (tertiary/aromatic N) is 1. The Morgan fingerprint density at radius 2 is 1.82 bits per heavy atom. The van der Waals surface area contributed by atoms with E-state index in [1.54, 1.807) is 60.7 Å². The molecule has 13 heteroatoms. The minimum atomic E-state index is -2.06. The Labute approximate surface area is 317 Å².